The molecule has 0 saturated heterocycles. The topological polar surface area (TPSA) is 76.4 Å². The molecule has 0 unspecified atom stereocenters. The van der Waals surface area contributed by atoms with Crippen LogP contribution in [0, 0.1) is 0 Å². The van der Waals surface area contributed by atoms with Crippen LogP contribution in [0.4, 0.5) is 0 Å². The molecule has 1 aromatic carbocycles. The lowest BCUT2D eigenvalue weighted by molar-refractivity contribution is 0.540. The second-order valence-electron chi connectivity index (χ2n) is 4.36. The van der Waals surface area contributed by atoms with Gasteiger partial charge in [-0.05, 0) is 17.5 Å². The molecular weight excluding hydrogens is 246 g/mol. The highest BCUT2D eigenvalue weighted by Gasteiger charge is 2.19. The molecule has 1 aliphatic heterocycles. The largest absolute Gasteiger partial charge is 0.515 e. The molecule has 19 heavy (non-hydrogen) atoms. The number of aliphatic hydroxyl groups excluding tert-OH is 1. The van der Waals surface area contributed by atoms with Gasteiger partial charge in [0.1, 0.15) is 0 Å². The lowest BCUT2D eigenvalue weighted by atomic mass is 9.94. The fourth-order valence-corrected chi connectivity index (χ4v) is 2.41. The summed E-state index contributed by atoms with van der Waals surface area (Å²) in [6, 6.07) is 6.00. The lowest BCUT2D eigenvalue weighted by Gasteiger charge is -2.11. The standard InChI is InChI=1S/C14H9NO4/c1-15-13(18)8-4-2-3-7-10(6-16)11(17)5-9(12(7)8)14(15)19/h2-6,16H,1H3. The molecule has 0 fully saturated rings. The second kappa shape index (κ2) is 3.65. The van der Waals surface area contributed by atoms with E-state index in [9.17, 15) is 14.4 Å². The summed E-state index contributed by atoms with van der Waals surface area (Å²) in [5.74, 6) is 0. The molecule has 0 amide bonds. The predicted molar refractivity (Wildman–Crippen MR) is 71.8 cm³/mol. The maximum absolute atomic E-state index is 12.1. The van der Waals surface area contributed by atoms with Gasteiger partial charge in [-0.2, -0.15) is 0 Å². The van der Waals surface area contributed by atoms with Crippen LogP contribution >= 0.6 is 0 Å². The zero-order valence-electron chi connectivity index (χ0n) is 10.0. The first-order valence-electron chi connectivity index (χ1n) is 5.63. The molecule has 5 heteroatoms. The number of rotatable bonds is 0. The van der Waals surface area contributed by atoms with Gasteiger partial charge in [0.2, 0.25) is 0 Å². The summed E-state index contributed by atoms with van der Waals surface area (Å²) in [4.78, 5) is 36.0. The van der Waals surface area contributed by atoms with Crippen molar-refractivity contribution in [2.24, 2.45) is 7.05 Å². The number of pyridine rings is 1. The van der Waals surface area contributed by atoms with E-state index in [1.807, 2.05) is 0 Å². The summed E-state index contributed by atoms with van der Waals surface area (Å²) in [6.07, 6.45) is 0.707. The highest BCUT2D eigenvalue weighted by molar-refractivity contribution is 5.97. The molecule has 1 aromatic rings. The predicted octanol–water partition coefficient (Wildman–Crippen LogP) is -0.184. The van der Waals surface area contributed by atoms with Crippen molar-refractivity contribution in [3.05, 3.63) is 60.4 Å². The van der Waals surface area contributed by atoms with E-state index in [1.165, 1.54) is 13.1 Å². The number of aliphatic hydroxyl groups is 1. The number of hydrogen-bond donors (Lipinski definition) is 1. The molecule has 0 saturated carbocycles. The SMILES string of the molecule is Cn1c(=O)c2cc(=O)c(=CO)c3cccc(c3-2)c1=O. The molecule has 0 bridgehead atoms. The smallest absolute Gasteiger partial charge is 0.261 e. The van der Waals surface area contributed by atoms with Gasteiger partial charge in [-0.1, -0.05) is 12.1 Å². The Bertz CT molecular complexity index is 987. The minimum Gasteiger partial charge on any atom is -0.515 e. The summed E-state index contributed by atoms with van der Waals surface area (Å²) >= 11 is 0. The van der Waals surface area contributed by atoms with Crippen LogP contribution in [-0.2, 0) is 7.05 Å². The first-order valence-corrected chi connectivity index (χ1v) is 5.63. The van der Waals surface area contributed by atoms with E-state index in [-0.39, 0.29) is 10.8 Å². The molecule has 3 rings (SSSR count). The molecule has 5 nitrogen and oxygen atoms in total. The van der Waals surface area contributed by atoms with Crippen LogP contribution in [0.25, 0.3) is 28.2 Å². The maximum Gasteiger partial charge on any atom is 0.261 e. The Balaban J connectivity index is 2.87. The number of aromatic nitrogens is 1. The van der Waals surface area contributed by atoms with Crippen molar-refractivity contribution in [3.8, 4) is 11.1 Å². The average molecular weight is 255 g/mol. The Morgan fingerprint density at radius 3 is 2.47 bits per heavy atom. The Morgan fingerprint density at radius 1 is 1.11 bits per heavy atom. The van der Waals surface area contributed by atoms with Gasteiger partial charge in [-0.25, -0.2) is 0 Å². The highest BCUT2D eigenvalue weighted by atomic mass is 16.2. The number of hydrogen-bond acceptors (Lipinski definition) is 4. The molecule has 0 atom stereocenters. The fraction of sp³-hybridized carbons (Fsp3) is 0.0714. The number of nitrogens with zero attached hydrogens (tertiary/aromatic N) is 1. The van der Waals surface area contributed by atoms with Gasteiger partial charge in [-0.15, -0.1) is 0 Å². The summed E-state index contributed by atoms with van der Waals surface area (Å²) in [7, 11) is 1.38. The van der Waals surface area contributed by atoms with Gasteiger partial charge in [0, 0.05) is 18.0 Å². The van der Waals surface area contributed by atoms with Crippen molar-refractivity contribution in [1.29, 1.82) is 0 Å². The van der Waals surface area contributed by atoms with Gasteiger partial charge in [0.25, 0.3) is 11.1 Å². The van der Waals surface area contributed by atoms with Crippen molar-refractivity contribution >= 4 is 17.0 Å². The molecule has 0 spiro atoms. The Kier molecular flexibility index (Phi) is 2.19. The summed E-state index contributed by atoms with van der Waals surface area (Å²) < 4.78 is 0.985. The van der Waals surface area contributed by atoms with Gasteiger partial charge < -0.3 is 5.11 Å². The van der Waals surface area contributed by atoms with Crippen LogP contribution in [-0.4, -0.2) is 9.67 Å². The van der Waals surface area contributed by atoms with Crippen LogP contribution in [0.15, 0.2) is 38.6 Å². The molecule has 1 aliphatic carbocycles. The Hall–Kier alpha value is -2.69. The van der Waals surface area contributed by atoms with E-state index in [0.717, 1.165) is 4.57 Å². The summed E-state index contributed by atoms with van der Waals surface area (Å²) in [5, 5.41) is 10.0. The van der Waals surface area contributed by atoms with Crippen molar-refractivity contribution in [1.82, 2.24) is 4.57 Å². The van der Waals surface area contributed by atoms with Gasteiger partial charge in [0.15, 0.2) is 5.43 Å². The molecule has 0 radical (unpaired) electrons. The Labute approximate surface area is 106 Å². The summed E-state index contributed by atoms with van der Waals surface area (Å²) in [5.41, 5.74) is -0.738. The van der Waals surface area contributed by atoms with Crippen LogP contribution in [0.2, 0.25) is 0 Å². The van der Waals surface area contributed by atoms with Gasteiger partial charge in [-0.3, -0.25) is 19.0 Å². The highest BCUT2D eigenvalue weighted by Crippen LogP contribution is 2.24. The van der Waals surface area contributed by atoms with Gasteiger partial charge in [0.05, 0.1) is 17.0 Å². The van der Waals surface area contributed by atoms with E-state index in [1.54, 1.807) is 18.2 Å². The third-order valence-corrected chi connectivity index (χ3v) is 3.36. The first-order chi connectivity index (χ1) is 9.06. The number of benzene rings is 2. The van der Waals surface area contributed by atoms with Crippen LogP contribution in [0.5, 0.6) is 0 Å². The van der Waals surface area contributed by atoms with E-state index < -0.39 is 16.5 Å². The van der Waals surface area contributed by atoms with Crippen LogP contribution in [0.1, 0.15) is 0 Å². The molecule has 94 valence electrons. The molecule has 1 heterocycles. The van der Waals surface area contributed by atoms with Crippen LogP contribution < -0.4 is 21.8 Å². The van der Waals surface area contributed by atoms with Crippen LogP contribution in [0.3, 0.4) is 0 Å². The Morgan fingerprint density at radius 2 is 1.79 bits per heavy atom. The zero-order chi connectivity index (χ0) is 13.7. The third kappa shape index (κ3) is 1.32. The molecule has 1 N–H and O–H groups in total. The quantitative estimate of drug-likeness (QED) is 0.604. The molecule has 0 aromatic heterocycles. The monoisotopic (exact) mass is 255 g/mol. The second-order valence-corrected chi connectivity index (χ2v) is 4.36. The molecule has 2 aliphatic rings. The van der Waals surface area contributed by atoms with E-state index in [0.29, 0.717) is 22.6 Å². The fourth-order valence-electron chi connectivity index (χ4n) is 2.41. The lowest BCUT2D eigenvalue weighted by Crippen LogP contribution is -2.36. The van der Waals surface area contributed by atoms with E-state index in [4.69, 9.17) is 5.11 Å². The van der Waals surface area contributed by atoms with Crippen molar-refractivity contribution < 1.29 is 5.11 Å². The third-order valence-electron chi connectivity index (χ3n) is 3.36. The molecular formula is C14H9NO4. The van der Waals surface area contributed by atoms with Crippen molar-refractivity contribution in [3.63, 3.8) is 0 Å². The zero-order valence-corrected chi connectivity index (χ0v) is 10.0. The minimum absolute atomic E-state index is 0.0887. The van der Waals surface area contributed by atoms with E-state index >= 15 is 0 Å². The average Bonchev–Trinajstić information content (AvgIpc) is 2.42. The first kappa shape index (κ1) is 11.4. The minimum atomic E-state index is -0.504. The van der Waals surface area contributed by atoms with E-state index in [2.05, 4.69) is 0 Å². The maximum atomic E-state index is 12.1. The summed E-state index contributed by atoms with van der Waals surface area (Å²) in [6.45, 7) is 0. The van der Waals surface area contributed by atoms with Crippen molar-refractivity contribution in [2.45, 2.75) is 0 Å². The van der Waals surface area contributed by atoms with Crippen molar-refractivity contribution in [2.75, 3.05) is 0 Å². The van der Waals surface area contributed by atoms with Gasteiger partial charge >= 0.3 is 0 Å². The normalized spacial score (nSPS) is 12.6.